The third-order valence-corrected chi connectivity index (χ3v) is 3.46. The van der Waals surface area contributed by atoms with Gasteiger partial charge in [0.1, 0.15) is 0 Å². The molecule has 19 heavy (non-hydrogen) atoms. The van der Waals surface area contributed by atoms with Crippen LogP contribution in [-0.2, 0) is 0 Å². The van der Waals surface area contributed by atoms with Crippen molar-refractivity contribution in [3.8, 4) is 0 Å². The topological polar surface area (TPSA) is 48.0 Å². The summed E-state index contributed by atoms with van der Waals surface area (Å²) in [7, 11) is 0. The standard InChI is InChI=1S/C16H16N2O/c1-10(2)18-15-8-7-11(17)9-14(15)12-5-3-4-6-13(12)16(18)19/h3-10H,17H2,1-2H3. The van der Waals surface area contributed by atoms with Crippen LogP contribution < -0.4 is 11.3 Å². The molecule has 0 amide bonds. The highest BCUT2D eigenvalue weighted by Gasteiger charge is 2.12. The molecule has 0 bridgehead atoms. The molecule has 0 fully saturated rings. The lowest BCUT2D eigenvalue weighted by atomic mass is 10.0. The summed E-state index contributed by atoms with van der Waals surface area (Å²) in [6, 6.07) is 13.5. The first-order chi connectivity index (χ1) is 9.09. The molecule has 0 radical (unpaired) electrons. The Bertz CT molecular complexity index is 831. The van der Waals surface area contributed by atoms with Gasteiger partial charge in [0.15, 0.2) is 0 Å². The molecule has 1 heterocycles. The second-order valence-electron chi connectivity index (χ2n) is 5.09. The third kappa shape index (κ3) is 1.70. The Kier molecular flexibility index (Phi) is 2.56. The summed E-state index contributed by atoms with van der Waals surface area (Å²) in [4.78, 5) is 12.6. The van der Waals surface area contributed by atoms with E-state index in [1.807, 2.05) is 60.9 Å². The Labute approximate surface area is 111 Å². The molecule has 0 atom stereocenters. The molecule has 0 saturated carbocycles. The highest BCUT2D eigenvalue weighted by Crippen LogP contribution is 2.26. The predicted octanol–water partition coefficient (Wildman–Crippen LogP) is 3.32. The first-order valence-electron chi connectivity index (χ1n) is 6.42. The van der Waals surface area contributed by atoms with E-state index in [0.717, 1.165) is 21.7 Å². The van der Waals surface area contributed by atoms with Gasteiger partial charge in [0.25, 0.3) is 5.56 Å². The normalized spacial score (nSPS) is 11.5. The molecule has 3 nitrogen and oxygen atoms in total. The van der Waals surface area contributed by atoms with E-state index in [9.17, 15) is 4.79 Å². The van der Waals surface area contributed by atoms with Gasteiger partial charge in [-0.3, -0.25) is 4.79 Å². The lowest BCUT2D eigenvalue weighted by Gasteiger charge is -2.16. The second-order valence-corrected chi connectivity index (χ2v) is 5.09. The van der Waals surface area contributed by atoms with Crippen molar-refractivity contribution < 1.29 is 0 Å². The zero-order valence-electron chi connectivity index (χ0n) is 11.1. The zero-order chi connectivity index (χ0) is 13.6. The SMILES string of the molecule is CC(C)n1c(=O)c2ccccc2c2cc(N)ccc21. The van der Waals surface area contributed by atoms with Gasteiger partial charge in [0.2, 0.25) is 0 Å². The summed E-state index contributed by atoms with van der Waals surface area (Å²) in [5.74, 6) is 0. The fraction of sp³-hybridized carbons (Fsp3) is 0.188. The molecule has 2 N–H and O–H groups in total. The Morgan fingerprint density at radius 3 is 2.37 bits per heavy atom. The van der Waals surface area contributed by atoms with Crippen molar-refractivity contribution >= 4 is 27.4 Å². The van der Waals surface area contributed by atoms with Crippen LogP contribution >= 0.6 is 0 Å². The molecule has 0 unspecified atom stereocenters. The van der Waals surface area contributed by atoms with E-state index >= 15 is 0 Å². The molecule has 0 saturated heterocycles. The number of hydrogen-bond donors (Lipinski definition) is 1. The maximum Gasteiger partial charge on any atom is 0.259 e. The lowest BCUT2D eigenvalue weighted by molar-refractivity contribution is 0.604. The van der Waals surface area contributed by atoms with Crippen molar-refractivity contribution in [1.29, 1.82) is 0 Å². The van der Waals surface area contributed by atoms with E-state index in [4.69, 9.17) is 5.73 Å². The average Bonchev–Trinajstić information content (AvgIpc) is 2.39. The highest BCUT2D eigenvalue weighted by molar-refractivity contribution is 6.06. The summed E-state index contributed by atoms with van der Waals surface area (Å²) >= 11 is 0. The van der Waals surface area contributed by atoms with E-state index in [0.29, 0.717) is 5.69 Å². The summed E-state index contributed by atoms with van der Waals surface area (Å²) in [6.07, 6.45) is 0. The van der Waals surface area contributed by atoms with Gasteiger partial charge in [-0.1, -0.05) is 18.2 Å². The minimum Gasteiger partial charge on any atom is -0.399 e. The van der Waals surface area contributed by atoms with Crippen molar-refractivity contribution in [2.24, 2.45) is 0 Å². The van der Waals surface area contributed by atoms with Gasteiger partial charge in [0.05, 0.1) is 5.52 Å². The fourth-order valence-electron chi connectivity index (χ4n) is 2.64. The summed E-state index contributed by atoms with van der Waals surface area (Å²) in [5, 5.41) is 2.74. The highest BCUT2D eigenvalue weighted by atomic mass is 16.1. The maximum absolute atomic E-state index is 12.6. The van der Waals surface area contributed by atoms with Crippen LogP contribution in [0, 0.1) is 0 Å². The predicted molar refractivity (Wildman–Crippen MR) is 80.5 cm³/mol. The molecule has 0 aliphatic heterocycles. The maximum atomic E-state index is 12.6. The Morgan fingerprint density at radius 2 is 1.68 bits per heavy atom. The molecule has 3 aromatic rings. The number of nitrogens with two attached hydrogens (primary N) is 1. The Morgan fingerprint density at radius 1 is 1.00 bits per heavy atom. The number of nitrogen functional groups attached to an aromatic ring is 1. The number of aromatic nitrogens is 1. The van der Waals surface area contributed by atoms with Crippen LogP contribution in [0.1, 0.15) is 19.9 Å². The van der Waals surface area contributed by atoms with Crippen molar-refractivity contribution in [2.75, 3.05) is 5.73 Å². The fourth-order valence-corrected chi connectivity index (χ4v) is 2.64. The smallest absolute Gasteiger partial charge is 0.259 e. The van der Waals surface area contributed by atoms with Gasteiger partial charge < -0.3 is 10.3 Å². The molecule has 1 aromatic heterocycles. The minimum atomic E-state index is 0.0582. The van der Waals surface area contributed by atoms with Crippen LogP contribution in [-0.4, -0.2) is 4.57 Å². The van der Waals surface area contributed by atoms with Crippen LogP contribution in [0.3, 0.4) is 0 Å². The molecule has 0 aliphatic rings. The van der Waals surface area contributed by atoms with Crippen molar-refractivity contribution in [2.45, 2.75) is 19.9 Å². The lowest BCUT2D eigenvalue weighted by Crippen LogP contribution is -2.22. The Hall–Kier alpha value is -2.29. The zero-order valence-corrected chi connectivity index (χ0v) is 11.1. The van der Waals surface area contributed by atoms with E-state index in [2.05, 4.69) is 0 Å². The van der Waals surface area contributed by atoms with Gasteiger partial charge in [-0.25, -0.2) is 0 Å². The largest absolute Gasteiger partial charge is 0.399 e. The van der Waals surface area contributed by atoms with Gasteiger partial charge in [-0.2, -0.15) is 0 Å². The molecular weight excluding hydrogens is 236 g/mol. The summed E-state index contributed by atoms with van der Waals surface area (Å²) in [5.41, 5.74) is 7.60. The number of anilines is 1. The first kappa shape index (κ1) is 11.8. The van der Waals surface area contributed by atoms with Crippen molar-refractivity contribution in [1.82, 2.24) is 4.57 Å². The van der Waals surface area contributed by atoms with E-state index in [1.54, 1.807) is 0 Å². The molecule has 2 aromatic carbocycles. The number of nitrogens with zero attached hydrogens (tertiary/aromatic N) is 1. The number of benzene rings is 2. The quantitative estimate of drug-likeness (QED) is 0.533. The van der Waals surface area contributed by atoms with E-state index in [1.165, 1.54) is 0 Å². The molecule has 96 valence electrons. The molecule has 3 rings (SSSR count). The number of pyridine rings is 1. The molecule has 3 heteroatoms. The minimum absolute atomic E-state index is 0.0582. The van der Waals surface area contributed by atoms with E-state index < -0.39 is 0 Å². The second kappa shape index (κ2) is 4.12. The van der Waals surface area contributed by atoms with Gasteiger partial charge in [-0.05, 0) is 43.5 Å². The first-order valence-corrected chi connectivity index (χ1v) is 6.42. The third-order valence-electron chi connectivity index (χ3n) is 3.46. The van der Waals surface area contributed by atoms with Crippen molar-refractivity contribution in [3.63, 3.8) is 0 Å². The Balaban J connectivity index is 2.66. The molecule has 0 aliphatic carbocycles. The van der Waals surface area contributed by atoms with Crippen LogP contribution in [0.2, 0.25) is 0 Å². The number of rotatable bonds is 1. The summed E-state index contributed by atoms with van der Waals surface area (Å²) in [6.45, 7) is 4.04. The van der Waals surface area contributed by atoms with Crippen LogP contribution in [0.15, 0.2) is 47.3 Å². The molecular formula is C16H16N2O. The summed E-state index contributed by atoms with van der Waals surface area (Å²) < 4.78 is 1.83. The van der Waals surface area contributed by atoms with Crippen LogP contribution in [0.4, 0.5) is 5.69 Å². The van der Waals surface area contributed by atoms with Gasteiger partial charge >= 0.3 is 0 Å². The van der Waals surface area contributed by atoms with E-state index in [-0.39, 0.29) is 11.6 Å². The molecule has 0 spiro atoms. The monoisotopic (exact) mass is 252 g/mol. The van der Waals surface area contributed by atoms with Gasteiger partial charge in [0, 0.05) is 22.5 Å². The van der Waals surface area contributed by atoms with Crippen LogP contribution in [0.25, 0.3) is 21.7 Å². The number of fused-ring (bicyclic) bond motifs is 3. The van der Waals surface area contributed by atoms with Gasteiger partial charge in [-0.15, -0.1) is 0 Å². The van der Waals surface area contributed by atoms with Crippen molar-refractivity contribution in [3.05, 3.63) is 52.8 Å². The van der Waals surface area contributed by atoms with Crippen LogP contribution in [0.5, 0.6) is 0 Å². The average molecular weight is 252 g/mol. The number of hydrogen-bond acceptors (Lipinski definition) is 2.